The second-order valence-electron chi connectivity index (χ2n) is 4.22. The van der Waals surface area contributed by atoms with Crippen LogP contribution in [-0.4, -0.2) is 45.0 Å². The van der Waals surface area contributed by atoms with Gasteiger partial charge >= 0.3 is 5.69 Å². The maximum atomic E-state index is 10.8. The number of aliphatic hydroxyl groups is 1. The average molecular weight is 287 g/mol. The van der Waals surface area contributed by atoms with Gasteiger partial charge in [0.25, 0.3) is 0 Å². The average Bonchev–Trinajstić information content (AvgIpc) is 2.59. The van der Waals surface area contributed by atoms with Gasteiger partial charge in [0.15, 0.2) is 0 Å². The monoisotopic (exact) mass is 287 g/mol. The summed E-state index contributed by atoms with van der Waals surface area (Å²) in [4.78, 5) is 25.4. The van der Waals surface area contributed by atoms with Crippen molar-refractivity contribution in [2.45, 2.75) is 26.5 Å². The Morgan fingerprint density at radius 3 is 2.80 bits per heavy atom. The third-order valence-electron chi connectivity index (χ3n) is 2.54. The van der Waals surface area contributed by atoms with E-state index in [4.69, 9.17) is 5.73 Å². The van der Waals surface area contributed by atoms with Crippen LogP contribution in [0.25, 0.3) is 0 Å². The largest absolute Gasteiger partial charge is 0.390 e. The van der Waals surface area contributed by atoms with E-state index in [1.54, 1.807) is 6.92 Å². The Kier molecular flexibility index (Phi) is 5.55. The van der Waals surface area contributed by atoms with E-state index in [1.807, 2.05) is 0 Å². The number of nitrogens with two attached hydrogens (primary N) is 1. The lowest BCUT2D eigenvalue weighted by molar-refractivity contribution is -0.386. The van der Waals surface area contributed by atoms with Gasteiger partial charge < -0.3 is 10.8 Å². The number of hydrogen-bond donors (Lipinski definition) is 3. The number of hydroxylamine groups is 1. The van der Waals surface area contributed by atoms with E-state index in [-0.39, 0.29) is 31.1 Å². The number of hydrogen-bond acceptors (Lipinski definition) is 7. The summed E-state index contributed by atoms with van der Waals surface area (Å²) >= 11 is 0. The summed E-state index contributed by atoms with van der Waals surface area (Å²) in [5.41, 5.74) is 7.83. The Balaban J connectivity index is 2.54. The molecule has 10 heteroatoms. The van der Waals surface area contributed by atoms with Gasteiger partial charge in [-0.15, -0.1) is 0 Å². The van der Waals surface area contributed by atoms with Crippen molar-refractivity contribution < 1.29 is 19.7 Å². The van der Waals surface area contributed by atoms with E-state index in [2.05, 4.69) is 15.4 Å². The second-order valence-corrected chi connectivity index (χ2v) is 4.22. The number of nitro groups is 1. The predicted octanol–water partition coefficient (Wildman–Crippen LogP) is -1.22. The molecule has 1 heterocycles. The fourth-order valence-corrected chi connectivity index (χ4v) is 1.67. The first kappa shape index (κ1) is 16.0. The van der Waals surface area contributed by atoms with Gasteiger partial charge in [-0.3, -0.25) is 24.4 Å². The van der Waals surface area contributed by atoms with Crippen molar-refractivity contribution in [1.82, 2.24) is 15.3 Å². The minimum Gasteiger partial charge on any atom is -0.390 e. The topological polar surface area (TPSA) is 146 Å². The number of aryl methyl sites for hydroxylation is 1. The van der Waals surface area contributed by atoms with Gasteiger partial charge in [-0.05, 0) is 13.8 Å². The summed E-state index contributed by atoms with van der Waals surface area (Å²) < 4.78 is 1.36. The molecule has 112 valence electrons. The van der Waals surface area contributed by atoms with Crippen molar-refractivity contribution in [3.8, 4) is 0 Å². The van der Waals surface area contributed by atoms with Crippen molar-refractivity contribution in [3.05, 3.63) is 21.5 Å². The molecule has 1 aromatic rings. The lowest BCUT2D eigenvalue weighted by Crippen LogP contribution is -2.33. The molecule has 0 bridgehead atoms. The van der Waals surface area contributed by atoms with E-state index in [1.165, 1.54) is 11.6 Å². The number of rotatable bonds is 8. The third kappa shape index (κ3) is 4.26. The van der Waals surface area contributed by atoms with Gasteiger partial charge in [0, 0.05) is 6.54 Å². The number of carbonyl (C=O) groups is 1. The Labute approximate surface area is 114 Å². The molecule has 1 aromatic heterocycles. The van der Waals surface area contributed by atoms with Gasteiger partial charge in [0.05, 0.1) is 17.6 Å². The predicted molar refractivity (Wildman–Crippen MR) is 67.5 cm³/mol. The molecule has 0 aliphatic rings. The highest BCUT2D eigenvalue weighted by molar-refractivity contribution is 5.74. The lowest BCUT2D eigenvalue weighted by Gasteiger charge is -2.12. The SMILES string of the molecule is Cc1nn(CC(O)CNOCC(N)=O)c(C)c1[N+](=O)[O-]. The molecule has 4 N–H and O–H groups in total. The molecule has 0 spiro atoms. The Bertz CT molecular complexity index is 500. The highest BCUT2D eigenvalue weighted by Gasteiger charge is 2.22. The van der Waals surface area contributed by atoms with Crippen molar-refractivity contribution in [3.63, 3.8) is 0 Å². The fourth-order valence-electron chi connectivity index (χ4n) is 1.67. The smallest absolute Gasteiger partial charge is 0.312 e. The summed E-state index contributed by atoms with van der Waals surface area (Å²) in [6.45, 7) is 2.87. The Morgan fingerprint density at radius 2 is 2.30 bits per heavy atom. The zero-order chi connectivity index (χ0) is 15.3. The number of amides is 1. The molecule has 0 aliphatic heterocycles. The number of nitrogens with zero attached hydrogens (tertiary/aromatic N) is 3. The minimum atomic E-state index is -0.888. The molecular weight excluding hydrogens is 270 g/mol. The van der Waals surface area contributed by atoms with E-state index in [0.29, 0.717) is 5.69 Å². The first-order chi connectivity index (χ1) is 9.32. The maximum Gasteiger partial charge on any atom is 0.312 e. The molecule has 0 fully saturated rings. The summed E-state index contributed by atoms with van der Waals surface area (Å²) in [5, 5.41) is 24.6. The second kappa shape index (κ2) is 6.93. The highest BCUT2D eigenvalue weighted by atomic mass is 16.6. The van der Waals surface area contributed by atoms with Crippen LogP contribution in [0, 0.1) is 24.0 Å². The minimum absolute atomic E-state index is 0.0272. The third-order valence-corrected chi connectivity index (χ3v) is 2.54. The summed E-state index contributed by atoms with van der Waals surface area (Å²) in [5.74, 6) is -0.638. The van der Waals surface area contributed by atoms with Gasteiger partial charge in [0.1, 0.15) is 18.0 Å². The van der Waals surface area contributed by atoms with Crippen LogP contribution in [0.3, 0.4) is 0 Å². The standard InChI is InChI=1S/C10H17N5O5/c1-6-10(15(18)19)7(2)14(13-6)4-8(16)3-12-20-5-9(11)17/h8,12,16H,3-5H2,1-2H3,(H2,11,17). The molecule has 1 atom stereocenters. The van der Waals surface area contributed by atoms with E-state index >= 15 is 0 Å². The zero-order valence-corrected chi connectivity index (χ0v) is 11.2. The van der Waals surface area contributed by atoms with Crippen molar-refractivity contribution in [2.24, 2.45) is 5.73 Å². The van der Waals surface area contributed by atoms with Gasteiger partial charge in [0.2, 0.25) is 5.91 Å². The summed E-state index contributed by atoms with van der Waals surface area (Å²) in [6.07, 6.45) is -0.888. The number of aromatic nitrogens is 2. The molecule has 1 rings (SSSR count). The summed E-state index contributed by atoms with van der Waals surface area (Å²) in [6, 6.07) is 0. The maximum absolute atomic E-state index is 10.8. The highest BCUT2D eigenvalue weighted by Crippen LogP contribution is 2.21. The molecule has 10 nitrogen and oxygen atoms in total. The summed E-state index contributed by atoms with van der Waals surface area (Å²) in [7, 11) is 0. The van der Waals surface area contributed by atoms with E-state index in [9.17, 15) is 20.0 Å². The van der Waals surface area contributed by atoms with Gasteiger partial charge in [-0.25, -0.2) is 0 Å². The van der Waals surface area contributed by atoms with Crippen LogP contribution in [0.4, 0.5) is 5.69 Å². The molecule has 0 radical (unpaired) electrons. The van der Waals surface area contributed by atoms with Crippen molar-refractivity contribution in [1.29, 1.82) is 0 Å². The molecule has 1 unspecified atom stereocenters. The van der Waals surface area contributed by atoms with Crippen LogP contribution in [0.15, 0.2) is 0 Å². The molecule has 0 saturated heterocycles. The molecule has 20 heavy (non-hydrogen) atoms. The quantitative estimate of drug-likeness (QED) is 0.308. The fraction of sp³-hybridized carbons (Fsp3) is 0.600. The van der Waals surface area contributed by atoms with Gasteiger partial charge in [-0.1, -0.05) is 0 Å². The zero-order valence-electron chi connectivity index (χ0n) is 11.2. The molecule has 1 amide bonds. The lowest BCUT2D eigenvalue weighted by atomic mass is 10.3. The molecule has 0 saturated carbocycles. The van der Waals surface area contributed by atoms with Crippen molar-refractivity contribution in [2.75, 3.05) is 13.2 Å². The van der Waals surface area contributed by atoms with Crippen LogP contribution in [0.1, 0.15) is 11.4 Å². The van der Waals surface area contributed by atoms with E-state index in [0.717, 1.165) is 0 Å². The first-order valence-corrected chi connectivity index (χ1v) is 5.82. The molecular formula is C10H17N5O5. The first-order valence-electron chi connectivity index (χ1n) is 5.82. The van der Waals surface area contributed by atoms with Crippen LogP contribution < -0.4 is 11.2 Å². The number of carbonyl (C=O) groups excluding carboxylic acids is 1. The van der Waals surface area contributed by atoms with Crippen LogP contribution in [0.5, 0.6) is 0 Å². The van der Waals surface area contributed by atoms with Crippen LogP contribution >= 0.6 is 0 Å². The Hall–Kier alpha value is -2.04. The van der Waals surface area contributed by atoms with Gasteiger partial charge in [-0.2, -0.15) is 10.6 Å². The van der Waals surface area contributed by atoms with Crippen LogP contribution in [-0.2, 0) is 16.2 Å². The number of aliphatic hydroxyl groups excluding tert-OH is 1. The number of nitrogens with one attached hydrogen (secondary N) is 1. The normalized spacial score (nSPS) is 12.3. The van der Waals surface area contributed by atoms with Crippen LogP contribution in [0.2, 0.25) is 0 Å². The molecule has 0 aliphatic carbocycles. The number of primary amides is 1. The Morgan fingerprint density at radius 1 is 1.65 bits per heavy atom. The van der Waals surface area contributed by atoms with Crippen molar-refractivity contribution >= 4 is 11.6 Å². The molecule has 0 aromatic carbocycles. The van der Waals surface area contributed by atoms with E-state index < -0.39 is 16.9 Å².